The van der Waals surface area contributed by atoms with Crippen molar-refractivity contribution < 1.29 is 28.7 Å². The van der Waals surface area contributed by atoms with Crippen molar-refractivity contribution in [2.45, 2.75) is 116 Å². The number of ether oxygens (including phenoxy) is 2. The third-order valence-electron chi connectivity index (χ3n) is 11.4. The number of aromatic amines is 1. The van der Waals surface area contributed by atoms with Gasteiger partial charge in [0.05, 0.1) is 0 Å². The summed E-state index contributed by atoms with van der Waals surface area (Å²) in [7, 11) is 0. The molecule has 12 nitrogen and oxygen atoms in total. The Balaban J connectivity index is 1.09. The van der Waals surface area contributed by atoms with Crippen molar-refractivity contribution in [3.63, 3.8) is 0 Å². The molecule has 5 amide bonds. The first-order valence-corrected chi connectivity index (χ1v) is 19.7. The maximum Gasteiger partial charge on any atom is 0.408 e. The molecule has 1 heterocycles. The number of carbonyl (C=O) groups excluding carboxylic acids is 4. The molecule has 0 aliphatic heterocycles. The van der Waals surface area contributed by atoms with Crippen LogP contribution in [0.2, 0.25) is 0 Å². The van der Waals surface area contributed by atoms with Crippen molar-refractivity contribution in [1.29, 1.82) is 0 Å². The van der Waals surface area contributed by atoms with Crippen molar-refractivity contribution in [3.05, 3.63) is 65.9 Å². The minimum absolute atomic E-state index is 0.106. The number of H-pyrrole nitrogens is 1. The molecule has 12 heteroatoms. The lowest BCUT2D eigenvalue weighted by Crippen LogP contribution is -2.61. The molecule has 4 aliphatic rings. The monoisotopic (exact) mass is 742 g/mol. The van der Waals surface area contributed by atoms with E-state index in [1.807, 2.05) is 61.7 Å². The number of unbranched alkanes of at least 4 members (excludes halogenated alkanes) is 1. The zero-order valence-corrected chi connectivity index (χ0v) is 32.4. The SMILES string of the molecule is Cc1ccccc1NC(=O)NCCCC[C@H](CNC(=O)[C@@](C)(Cc1c[nH]c2ccccc12)NC(=O)OC1C2CC3CC(C2)CC1C3)NC(=O)OC(C)(C)C. The minimum Gasteiger partial charge on any atom is -0.446 e. The van der Waals surface area contributed by atoms with Crippen molar-refractivity contribution in [1.82, 2.24) is 26.3 Å². The van der Waals surface area contributed by atoms with Crippen molar-refractivity contribution in [2.75, 3.05) is 18.4 Å². The Morgan fingerprint density at radius 3 is 2.24 bits per heavy atom. The number of alkyl carbamates (subject to hydrolysis) is 2. The van der Waals surface area contributed by atoms with Crippen LogP contribution in [0.4, 0.5) is 20.1 Å². The minimum atomic E-state index is -1.36. The van der Waals surface area contributed by atoms with Gasteiger partial charge in [0.15, 0.2) is 0 Å². The molecule has 4 fully saturated rings. The number of hydrogen-bond donors (Lipinski definition) is 6. The summed E-state index contributed by atoms with van der Waals surface area (Å²) in [5, 5.41) is 15.7. The summed E-state index contributed by atoms with van der Waals surface area (Å²) in [6.45, 7) is 9.58. The van der Waals surface area contributed by atoms with Crippen LogP contribution < -0.4 is 26.6 Å². The lowest BCUT2D eigenvalue weighted by atomic mass is 9.55. The number of nitrogens with one attached hydrogen (secondary N) is 6. The van der Waals surface area contributed by atoms with Gasteiger partial charge in [-0.25, -0.2) is 14.4 Å². The topological polar surface area (TPSA) is 163 Å². The predicted molar refractivity (Wildman–Crippen MR) is 209 cm³/mol. The fourth-order valence-corrected chi connectivity index (χ4v) is 8.99. The summed E-state index contributed by atoms with van der Waals surface area (Å²) in [6, 6.07) is 14.7. The second kappa shape index (κ2) is 16.7. The normalized spacial score (nSPS) is 23.2. The molecule has 292 valence electrons. The molecule has 3 aromatic rings. The van der Waals surface area contributed by atoms with Gasteiger partial charge in [0.1, 0.15) is 17.2 Å². The molecule has 4 saturated carbocycles. The van der Waals surface area contributed by atoms with Crippen molar-refractivity contribution >= 4 is 40.7 Å². The van der Waals surface area contributed by atoms with Gasteiger partial charge in [0, 0.05) is 48.3 Å². The van der Waals surface area contributed by atoms with Crippen LogP contribution in [0.1, 0.15) is 90.2 Å². The Kier molecular flexibility index (Phi) is 12.1. The number of anilines is 1. The van der Waals surface area contributed by atoms with Crippen LogP contribution >= 0.6 is 0 Å². The van der Waals surface area contributed by atoms with Gasteiger partial charge in [-0.15, -0.1) is 0 Å². The van der Waals surface area contributed by atoms with Gasteiger partial charge in [-0.05, 0) is 133 Å². The van der Waals surface area contributed by atoms with Gasteiger partial charge < -0.3 is 41.0 Å². The Morgan fingerprint density at radius 2 is 1.54 bits per heavy atom. The summed E-state index contributed by atoms with van der Waals surface area (Å²) < 4.78 is 11.7. The average molecular weight is 743 g/mol. The third-order valence-corrected chi connectivity index (χ3v) is 11.4. The van der Waals surface area contributed by atoms with Crippen LogP contribution in [0.25, 0.3) is 10.9 Å². The number of fused-ring (bicyclic) bond motifs is 1. The first kappa shape index (κ1) is 39.0. The quantitative estimate of drug-likeness (QED) is 0.0948. The summed E-state index contributed by atoms with van der Waals surface area (Å²) in [5.74, 6) is 1.88. The van der Waals surface area contributed by atoms with E-state index in [4.69, 9.17) is 9.47 Å². The zero-order valence-electron chi connectivity index (χ0n) is 32.4. The van der Waals surface area contributed by atoms with Crippen LogP contribution in [-0.2, 0) is 20.7 Å². The molecule has 2 atom stereocenters. The molecule has 4 bridgehead atoms. The highest BCUT2D eigenvalue weighted by atomic mass is 16.6. The van der Waals surface area contributed by atoms with Crippen molar-refractivity contribution in [2.24, 2.45) is 23.7 Å². The second-order valence-electron chi connectivity index (χ2n) is 17.0. The van der Waals surface area contributed by atoms with Crippen LogP contribution in [0.5, 0.6) is 0 Å². The van der Waals surface area contributed by atoms with E-state index in [9.17, 15) is 19.2 Å². The predicted octanol–water partition coefficient (Wildman–Crippen LogP) is 7.33. The van der Waals surface area contributed by atoms with Gasteiger partial charge in [0.2, 0.25) is 5.91 Å². The fraction of sp³-hybridized carbons (Fsp3) is 0.571. The van der Waals surface area contributed by atoms with E-state index >= 15 is 0 Å². The molecule has 54 heavy (non-hydrogen) atoms. The number of carbonyl (C=O) groups is 4. The summed E-state index contributed by atoms with van der Waals surface area (Å²) in [6.07, 6.45) is 8.39. The molecule has 0 unspecified atom stereocenters. The Morgan fingerprint density at radius 1 is 0.852 bits per heavy atom. The number of para-hydroxylation sites is 2. The molecule has 6 N–H and O–H groups in total. The molecular formula is C42H58N6O6. The van der Waals surface area contributed by atoms with Crippen molar-refractivity contribution in [3.8, 4) is 0 Å². The third kappa shape index (κ3) is 10.1. The van der Waals surface area contributed by atoms with E-state index in [2.05, 4.69) is 31.6 Å². The highest BCUT2D eigenvalue weighted by Gasteiger charge is 2.50. The van der Waals surface area contributed by atoms with Gasteiger partial charge in [-0.1, -0.05) is 36.4 Å². The Hall–Kier alpha value is -4.74. The van der Waals surface area contributed by atoms with Gasteiger partial charge in [-0.3, -0.25) is 4.79 Å². The van der Waals surface area contributed by atoms with Crippen LogP contribution in [0, 0.1) is 30.6 Å². The van der Waals surface area contributed by atoms with Gasteiger partial charge in [-0.2, -0.15) is 0 Å². The molecule has 0 spiro atoms. The van der Waals surface area contributed by atoms with Crippen LogP contribution in [0.3, 0.4) is 0 Å². The maximum atomic E-state index is 14.3. The number of aromatic nitrogens is 1. The highest BCUT2D eigenvalue weighted by Crippen LogP contribution is 2.54. The first-order valence-electron chi connectivity index (χ1n) is 19.7. The van der Waals surface area contributed by atoms with Gasteiger partial charge >= 0.3 is 18.2 Å². The smallest absolute Gasteiger partial charge is 0.408 e. The largest absolute Gasteiger partial charge is 0.446 e. The lowest BCUT2D eigenvalue weighted by molar-refractivity contribution is -0.128. The lowest BCUT2D eigenvalue weighted by Gasteiger charge is -2.53. The van der Waals surface area contributed by atoms with E-state index < -0.39 is 29.4 Å². The first-order chi connectivity index (χ1) is 25.7. The Bertz CT molecular complexity index is 1770. The second-order valence-corrected chi connectivity index (χ2v) is 17.0. The van der Waals surface area contributed by atoms with Crippen LogP contribution in [-0.4, -0.2) is 65.5 Å². The van der Waals surface area contributed by atoms with Crippen LogP contribution in [0.15, 0.2) is 54.7 Å². The van der Waals surface area contributed by atoms with E-state index in [0.29, 0.717) is 37.6 Å². The molecule has 2 aromatic carbocycles. The molecular weight excluding hydrogens is 684 g/mol. The average Bonchev–Trinajstić information content (AvgIpc) is 3.50. The molecule has 0 saturated heterocycles. The van der Waals surface area contributed by atoms with E-state index in [1.54, 1.807) is 27.7 Å². The summed E-state index contributed by atoms with van der Waals surface area (Å²) in [4.78, 5) is 56.6. The maximum absolute atomic E-state index is 14.3. The van der Waals surface area contributed by atoms with E-state index in [0.717, 1.165) is 65.2 Å². The number of amides is 5. The number of benzene rings is 2. The molecule has 7 rings (SSSR count). The highest BCUT2D eigenvalue weighted by molar-refractivity contribution is 5.92. The fourth-order valence-electron chi connectivity index (χ4n) is 8.99. The Labute approximate surface area is 318 Å². The zero-order chi connectivity index (χ0) is 38.5. The number of hydrogen-bond acceptors (Lipinski definition) is 6. The number of urea groups is 1. The summed E-state index contributed by atoms with van der Waals surface area (Å²) in [5.41, 5.74) is 1.48. The molecule has 0 radical (unpaired) electrons. The standard InChI is InChI=1S/C42H58N6O6/c1-26-12-6-8-15-34(26)47-38(50)43-17-11-10-13-32(46-39(51)54-41(2,3)4)25-45-37(49)42(5,23-31-24-44-35-16-9-7-14-33(31)35)48-40(52)53-36-29-19-27-18-28(21-29)22-30(36)20-27/h6-9,12,14-16,24,27-30,32,36,44H,10-11,13,17-23,25H2,1-5H3,(H,45,49)(H,46,51)(H,48,52)(H2,43,47,50)/t27?,28?,29?,30?,32-,36?,42-/m1/s1. The molecule has 1 aromatic heterocycles. The van der Waals surface area contributed by atoms with Gasteiger partial charge in [0.25, 0.3) is 0 Å². The van der Waals surface area contributed by atoms with E-state index in [1.165, 1.54) is 6.42 Å². The van der Waals surface area contributed by atoms with E-state index in [-0.39, 0.29) is 31.0 Å². The summed E-state index contributed by atoms with van der Waals surface area (Å²) >= 11 is 0. The molecule has 4 aliphatic carbocycles. The number of rotatable bonds is 14. The number of aryl methyl sites for hydroxylation is 1.